The second-order valence-electron chi connectivity index (χ2n) is 5.58. The molecule has 0 bridgehead atoms. The maximum atomic E-state index is 12.2. The van der Waals surface area contributed by atoms with E-state index in [1.54, 1.807) is 6.92 Å². The lowest BCUT2D eigenvalue weighted by molar-refractivity contribution is -0.207. The van der Waals surface area contributed by atoms with Gasteiger partial charge in [-0.25, -0.2) is 4.79 Å². The van der Waals surface area contributed by atoms with Gasteiger partial charge in [-0.1, -0.05) is 6.58 Å². The summed E-state index contributed by atoms with van der Waals surface area (Å²) in [5, 5.41) is 19.4. The predicted octanol–water partition coefficient (Wildman–Crippen LogP) is 0.326. The monoisotopic (exact) mass is 375 g/mol. The van der Waals surface area contributed by atoms with Crippen molar-refractivity contribution in [3.8, 4) is 0 Å². The van der Waals surface area contributed by atoms with Crippen molar-refractivity contribution in [1.29, 1.82) is 0 Å². The molecular weight excluding hydrogens is 354 g/mol. The maximum Gasteiger partial charge on any atom is 0.357 e. The summed E-state index contributed by atoms with van der Waals surface area (Å²) in [5.41, 5.74) is -2.45. The van der Waals surface area contributed by atoms with Gasteiger partial charge in [0.15, 0.2) is 5.92 Å². The highest BCUT2D eigenvalue weighted by molar-refractivity contribution is 8.02. The number of thioether (sulfide) groups is 1. The fraction of sp³-hybridized carbons (Fsp3) is 0.600. The fourth-order valence-corrected chi connectivity index (χ4v) is 3.25. The molecule has 1 heterocycles. The number of esters is 2. The minimum atomic E-state index is -2.45. The van der Waals surface area contributed by atoms with Crippen LogP contribution in [0.4, 0.5) is 0 Å². The Morgan fingerprint density at radius 3 is 2.56 bits per heavy atom. The van der Waals surface area contributed by atoms with E-state index in [1.807, 2.05) is 0 Å². The highest BCUT2D eigenvalue weighted by Gasteiger charge is 2.60. The lowest BCUT2D eigenvalue weighted by atomic mass is 9.94. The Kier molecular flexibility index (Phi) is 7.00. The van der Waals surface area contributed by atoms with Gasteiger partial charge in [0.25, 0.3) is 0 Å². The molecule has 1 aliphatic rings. The molecule has 0 saturated carbocycles. The summed E-state index contributed by atoms with van der Waals surface area (Å²) in [6, 6.07) is 0. The molecule has 10 heteroatoms. The van der Waals surface area contributed by atoms with Crippen LogP contribution in [-0.4, -0.2) is 62.7 Å². The lowest BCUT2D eigenvalue weighted by Crippen LogP contribution is -2.71. The summed E-state index contributed by atoms with van der Waals surface area (Å²) in [7, 11) is 0. The number of aliphatic hydroxyl groups is 1. The molecule has 2 unspecified atom stereocenters. The zero-order valence-electron chi connectivity index (χ0n) is 14.1. The van der Waals surface area contributed by atoms with Crippen LogP contribution in [0.15, 0.2) is 12.0 Å². The molecule has 1 fully saturated rings. The van der Waals surface area contributed by atoms with E-state index in [0.29, 0.717) is 4.90 Å². The number of carbonyl (C=O) groups excluding carboxylic acids is 3. The van der Waals surface area contributed by atoms with E-state index in [2.05, 4.69) is 6.58 Å². The van der Waals surface area contributed by atoms with E-state index in [9.17, 15) is 24.3 Å². The average molecular weight is 375 g/mol. The van der Waals surface area contributed by atoms with Crippen molar-refractivity contribution in [2.45, 2.75) is 44.4 Å². The summed E-state index contributed by atoms with van der Waals surface area (Å²) in [4.78, 5) is 46.9. The van der Waals surface area contributed by atoms with Gasteiger partial charge in [-0.15, -0.1) is 11.8 Å². The summed E-state index contributed by atoms with van der Waals surface area (Å²) in [6.07, 6.45) is -0.202. The van der Waals surface area contributed by atoms with Crippen LogP contribution < -0.4 is 0 Å². The third kappa shape index (κ3) is 4.73. The van der Waals surface area contributed by atoms with Crippen molar-refractivity contribution < 1.29 is 38.9 Å². The van der Waals surface area contributed by atoms with Gasteiger partial charge in [0.05, 0.1) is 6.61 Å². The summed E-state index contributed by atoms with van der Waals surface area (Å²) >= 11 is 0.934. The molecule has 0 radical (unpaired) electrons. The van der Waals surface area contributed by atoms with E-state index in [4.69, 9.17) is 14.6 Å². The minimum absolute atomic E-state index is 0.0716. The van der Waals surface area contributed by atoms with Crippen molar-refractivity contribution in [2.75, 3.05) is 6.61 Å². The zero-order valence-corrected chi connectivity index (χ0v) is 14.9. The highest BCUT2D eigenvalue weighted by Crippen LogP contribution is 2.40. The molecule has 1 rings (SSSR count). The van der Waals surface area contributed by atoms with Gasteiger partial charge < -0.3 is 19.7 Å². The van der Waals surface area contributed by atoms with Gasteiger partial charge in [0, 0.05) is 13.3 Å². The van der Waals surface area contributed by atoms with E-state index >= 15 is 0 Å². The first kappa shape index (κ1) is 21.0. The van der Waals surface area contributed by atoms with Gasteiger partial charge >= 0.3 is 17.9 Å². The minimum Gasteiger partial charge on any atom is -0.478 e. The third-order valence-electron chi connectivity index (χ3n) is 3.54. The number of ether oxygens (including phenoxy) is 2. The summed E-state index contributed by atoms with van der Waals surface area (Å²) in [6.45, 7) is 7.24. The van der Waals surface area contributed by atoms with E-state index in [-0.39, 0.29) is 13.0 Å². The molecule has 1 amide bonds. The molecule has 4 atom stereocenters. The van der Waals surface area contributed by atoms with Crippen LogP contribution in [0, 0.1) is 5.92 Å². The molecule has 140 valence electrons. The molecule has 0 aliphatic carbocycles. The van der Waals surface area contributed by atoms with Crippen LogP contribution in [0.2, 0.25) is 0 Å². The van der Waals surface area contributed by atoms with Crippen LogP contribution in [0.25, 0.3) is 0 Å². The molecule has 0 aromatic heterocycles. The van der Waals surface area contributed by atoms with Crippen molar-refractivity contribution in [3.05, 3.63) is 12.0 Å². The molecule has 1 aliphatic heterocycles. The molecule has 2 N–H and O–H groups in total. The Hall–Kier alpha value is -2.07. The summed E-state index contributed by atoms with van der Waals surface area (Å²) < 4.78 is 9.89. The summed E-state index contributed by atoms with van der Waals surface area (Å²) in [5.74, 6) is -4.99. The van der Waals surface area contributed by atoms with Crippen LogP contribution in [0.5, 0.6) is 0 Å². The van der Waals surface area contributed by atoms with Gasteiger partial charge in [-0.2, -0.15) is 0 Å². The normalized spacial score (nSPS) is 23.0. The Bertz CT molecular complexity index is 576. The molecule has 1 saturated heterocycles. The number of carboxylic acid groups (broad SMARTS) is 1. The lowest BCUT2D eigenvalue weighted by Gasteiger charge is -2.49. The van der Waals surface area contributed by atoms with Crippen molar-refractivity contribution in [2.24, 2.45) is 5.92 Å². The first-order valence-corrected chi connectivity index (χ1v) is 8.37. The smallest absolute Gasteiger partial charge is 0.357 e. The van der Waals surface area contributed by atoms with Crippen LogP contribution in [0.1, 0.15) is 27.2 Å². The highest BCUT2D eigenvalue weighted by atomic mass is 32.2. The number of carbonyl (C=O) groups is 4. The number of hydrogen-bond donors (Lipinski definition) is 2. The zero-order chi connectivity index (χ0) is 19.4. The van der Waals surface area contributed by atoms with Crippen LogP contribution in [-0.2, 0) is 28.7 Å². The van der Waals surface area contributed by atoms with Gasteiger partial charge in [-0.05, 0) is 19.3 Å². The number of likely N-dealkylation sites (tertiary alicyclic amines) is 1. The molecule has 0 spiro atoms. The number of carboxylic acids is 1. The number of β-lactam (4-membered cyclic amide) rings is 1. The number of hydrogen-bond acceptors (Lipinski definition) is 8. The standard InChI is InChI=1S/C15H21NO8S/c1-5-25-12-10(11(18)16(12)15(4,22)14(20)21)13(19)23-7-6-8(2)24-9(3)17/h5,8,10,12,22H,1,6-7H2,2-4H3,(H,20,21)/t8?,10-,12-,15?/m1/s1. The maximum absolute atomic E-state index is 12.2. The van der Waals surface area contributed by atoms with E-state index in [0.717, 1.165) is 18.7 Å². The Morgan fingerprint density at radius 1 is 1.48 bits per heavy atom. The SMILES string of the molecule is C=CS[C@@H]1[C@H](C(=O)OCCC(C)OC(C)=O)C(=O)N1C(C)(O)C(=O)O. The quantitative estimate of drug-likeness (QED) is 0.332. The predicted molar refractivity (Wildman–Crippen MR) is 87.0 cm³/mol. The first-order chi connectivity index (χ1) is 11.5. The number of rotatable bonds is 9. The largest absolute Gasteiger partial charge is 0.478 e. The second kappa shape index (κ2) is 8.34. The van der Waals surface area contributed by atoms with E-state index < -0.39 is 46.9 Å². The molecular formula is C15H21NO8S. The Balaban J connectivity index is 2.69. The third-order valence-corrected chi connectivity index (χ3v) is 4.50. The molecule has 25 heavy (non-hydrogen) atoms. The Morgan fingerprint density at radius 2 is 2.08 bits per heavy atom. The van der Waals surface area contributed by atoms with Crippen LogP contribution in [0.3, 0.4) is 0 Å². The topological polar surface area (TPSA) is 130 Å². The van der Waals surface area contributed by atoms with Crippen molar-refractivity contribution in [1.82, 2.24) is 4.90 Å². The number of aliphatic carboxylic acids is 1. The average Bonchev–Trinajstić information content (AvgIpc) is 2.45. The fourth-order valence-electron chi connectivity index (χ4n) is 2.24. The van der Waals surface area contributed by atoms with Crippen molar-refractivity contribution in [3.63, 3.8) is 0 Å². The Labute approximate surface area is 148 Å². The molecule has 0 aromatic rings. The van der Waals surface area contributed by atoms with Crippen molar-refractivity contribution >= 4 is 35.6 Å². The van der Waals surface area contributed by atoms with Gasteiger partial charge in [-0.3, -0.25) is 19.3 Å². The number of nitrogens with zero attached hydrogens (tertiary/aromatic N) is 1. The van der Waals surface area contributed by atoms with Gasteiger partial charge in [0.1, 0.15) is 11.5 Å². The number of amides is 1. The van der Waals surface area contributed by atoms with Gasteiger partial charge in [0.2, 0.25) is 11.6 Å². The van der Waals surface area contributed by atoms with E-state index in [1.165, 1.54) is 12.3 Å². The van der Waals surface area contributed by atoms with Crippen LogP contribution >= 0.6 is 11.8 Å². The molecule has 0 aromatic carbocycles. The second-order valence-corrected chi connectivity index (χ2v) is 6.67. The molecule has 9 nitrogen and oxygen atoms in total. The first-order valence-electron chi connectivity index (χ1n) is 7.43.